The first-order chi connectivity index (χ1) is 3.30. The van der Waals surface area contributed by atoms with Crippen molar-refractivity contribution in [2.45, 2.75) is 25.3 Å². The van der Waals surface area contributed by atoms with E-state index >= 15 is 0 Å². The number of rotatable bonds is 0. The molecule has 1 aliphatic rings. The standard InChI is InChI=1S/C5H9NS/c6-4-2-1-3-5(4)7/h4H,1-3,6H2. The lowest BCUT2D eigenvalue weighted by atomic mass is 10.3. The second-order valence-corrected chi connectivity index (χ2v) is 2.49. The van der Waals surface area contributed by atoms with Crippen molar-refractivity contribution in [3.63, 3.8) is 0 Å². The van der Waals surface area contributed by atoms with E-state index < -0.39 is 0 Å². The lowest BCUT2D eigenvalue weighted by Crippen LogP contribution is -2.22. The van der Waals surface area contributed by atoms with Crippen molar-refractivity contribution in [1.82, 2.24) is 0 Å². The van der Waals surface area contributed by atoms with Crippen molar-refractivity contribution in [1.29, 1.82) is 0 Å². The molecule has 1 saturated carbocycles. The van der Waals surface area contributed by atoms with Gasteiger partial charge in [0.2, 0.25) is 0 Å². The molecule has 0 aliphatic heterocycles. The van der Waals surface area contributed by atoms with Gasteiger partial charge in [0.05, 0.1) is 0 Å². The quantitative estimate of drug-likeness (QED) is 0.474. The van der Waals surface area contributed by atoms with Crippen LogP contribution in [0.25, 0.3) is 0 Å². The molecule has 2 N–H and O–H groups in total. The zero-order chi connectivity index (χ0) is 5.28. The van der Waals surface area contributed by atoms with Crippen molar-refractivity contribution in [2.75, 3.05) is 0 Å². The van der Waals surface area contributed by atoms with Gasteiger partial charge in [0.1, 0.15) is 0 Å². The van der Waals surface area contributed by atoms with Gasteiger partial charge in [-0.3, -0.25) is 0 Å². The summed E-state index contributed by atoms with van der Waals surface area (Å²) in [5, 5.41) is 0. The molecule has 2 heteroatoms. The van der Waals surface area contributed by atoms with Gasteiger partial charge in [0.25, 0.3) is 0 Å². The highest BCUT2D eigenvalue weighted by molar-refractivity contribution is 7.80. The number of hydrogen-bond donors (Lipinski definition) is 1. The molecule has 0 radical (unpaired) electrons. The monoisotopic (exact) mass is 115 g/mol. The summed E-state index contributed by atoms with van der Waals surface area (Å²) in [7, 11) is 0. The van der Waals surface area contributed by atoms with E-state index in [4.69, 9.17) is 18.0 Å². The maximum Gasteiger partial charge on any atom is 0.0358 e. The highest BCUT2D eigenvalue weighted by atomic mass is 32.1. The fourth-order valence-electron chi connectivity index (χ4n) is 0.843. The summed E-state index contributed by atoms with van der Waals surface area (Å²) in [4.78, 5) is 1.07. The summed E-state index contributed by atoms with van der Waals surface area (Å²) < 4.78 is 0. The highest BCUT2D eigenvalue weighted by Crippen LogP contribution is 2.13. The Labute approximate surface area is 48.9 Å². The van der Waals surface area contributed by atoms with Crippen LogP contribution in [0.2, 0.25) is 0 Å². The fraction of sp³-hybridized carbons (Fsp3) is 0.800. The lowest BCUT2D eigenvalue weighted by Gasteiger charge is -1.95. The largest absolute Gasteiger partial charge is 0.324 e. The number of nitrogens with two attached hydrogens (primary N) is 1. The van der Waals surface area contributed by atoms with Crippen LogP contribution in [0.1, 0.15) is 19.3 Å². The Morgan fingerprint density at radius 1 is 1.71 bits per heavy atom. The first-order valence-electron chi connectivity index (χ1n) is 2.59. The first kappa shape index (κ1) is 5.19. The third-order valence-corrected chi connectivity index (χ3v) is 1.86. The molecule has 1 aliphatic carbocycles. The Kier molecular flexibility index (Phi) is 1.40. The lowest BCUT2D eigenvalue weighted by molar-refractivity contribution is 0.792. The average molecular weight is 115 g/mol. The molecular formula is C5H9NS. The number of thiocarbonyl (C=S) groups is 1. The van der Waals surface area contributed by atoms with Gasteiger partial charge in [0, 0.05) is 10.9 Å². The minimum atomic E-state index is 0.245. The molecule has 1 rings (SSSR count). The van der Waals surface area contributed by atoms with E-state index in [2.05, 4.69) is 0 Å². The van der Waals surface area contributed by atoms with Gasteiger partial charge in [0.15, 0.2) is 0 Å². The summed E-state index contributed by atoms with van der Waals surface area (Å²) in [5.74, 6) is 0. The zero-order valence-corrected chi connectivity index (χ0v) is 5.00. The molecule has 0 bridgehead atoms. The van der Waals surface area contributed by atoms with Gasteiger partial charge in [-0.2, -0.15) is 0 Å². The SMILES string of the molecule is NC1CCCC1=S. The molecule has 0 aromatic heterocycles. The van der Waals surface area contributed by atoms with Crippen LogP contribution in [0.15, 0.2) is 0 Å². The molecule has 1 unspecified atom stereocenters. The maximum absolute atomic E-state index is 5.54. The molecule has 1 fully saturated rings. The molecule has 1 atom stereocenters. The molecule has 1 nitrogen and oxygen atoms in total. The summed E-state index contributed by atoms with van der Waals surface area (Å²) in [5.41, 5.74) is 5.54. The van der Waals surface area contributed by atoms with Gasteiger partial charge in [-0.1, -0.05) is 12.2 Å². The van der Waals surface area contributed by atoms with Crippen LogP contribution in [0.3, 0.4) is 0 Å². The second-order valence-electron chi connectivity index (χ2n) is 1.97. The van der Waals surface area contributed by atoms with E-state index in [1.807, 2.05) is 0 Å². The van der Waals surface area contributed by atoms with Crippen molar-refractivity contribution < 1.29 is 0 Å². The molecular weight excluding hydrogens is 106 g/mol. The van der Waals surface area contributed by atoms with Crippen LogP contribution in [-0.4, -0.2) is 10.9 Å². The molecule has 0 spiro atoms. The van der Waals surface area contributed by atoms with Crippen molar-refractivity contribution in [2.24, 2.45) is 5.73 Å². The Morgan fingerprint density at radius 3 is 2.57 bits per heavy atom. The fourth-order valence-corrected chi connectivity index (χ4v) is 1.10. The number of hydrogen-bond acceptors (Lipinski definition) is 2. The highest BCUT2D eigenvalue weighted by Gasteiger charge is 2.14. The van der Waals surface area contributed by atoms with Gasteiger partial charge in [-0.05, 0) is 19.3 Å². The van der Waals surface area contributed by atoms with Crippen LogP contribution >= 0.6 is 12.2 Å². The minimum Gasteiger partial charge on any atom is -0.324 e. The molecule has 0 amide bonds. The van der Waals surface area contributed by atoms with E-state index in [0.29, 0.717) is 0 Å². The van der Waals surface area contributed by atoms with E-state index in [0.717, 1.165) is 17.7 Å². The predicted molar refractivity (Wildman–Crippen MR) is 34.4 cm³/mol. The summed E-state index contributed by atoms with van der Waals surface area (Å²) in [6.07, 6.45) is 3.40. The topological polar surface area (TPSA) is 26.0 Å². The van der Waals surface area contributed by atoms with Crippen molar-refractivity contribution >= 4 is 17.1 Å². The van der Waals surface area contributed by atoms with E-state index in [1.54, 1.807) is 0 Å². The van der Waals surface area contributed by atoms with Gasteiger partial charge in [-0.25, -0.2) is 0 Å². The maximum atomic E-state index is 5.54. The van der Waals surface area contributed by atoms with E-state index in [1.165, 1.54) is 6.42 Å². The average Bonchev–Trinajstić information content (AvgIpc) is 1.91. The second kappa shape index (κ2) is 1.88. The molecule has 0 aromatic carbocycles. The third kappa shape index (κ3) is 0.983. The van der Waals surface area contributed by atoms with Crippen LogP contribution in [-0.2, 0) is 0 Å². The molecule has 0 heterocycles. The Hall–Kier alpha value is 0.0500. The summed E-state index contributed by atoms with van der Waals surface area (Å²) >= 11 is 4.92. The van der Waals surface area contributed by atoms with Crippen molar-refractivity contribution in [3.05, 3.63) is 0 Å². The molecule has 40 valence electrons. The molecule has 0 saturated heterocycles. The predicted octanol–water partition coefficient (Wildman–Crippen LogP) is 0.867. The van der Waals surface area contributed by atoms with Crippen LogP contribution in [0.4, 0.5) is 0 Å². The zero-order valence-electron chi connectivity index (χ0n) is 4.18. The molecule has 0 aromatic rings. The Bertz CT molecular complexity index is 90.1. The van der Waals surface area contributed by atoms with Gasteiger partial charge < -0.3 is 5.73 Å². The minimum absolute atomic E-state index is 0.245. The third-order valence-electron chi connectivity index (χ3n) is 1.35. The van der Waals surface area contributed by atoms with E-state index in [-0.39, 0.29) is 6.04 Å². The van der Waals surface area contributed by atoms with Crippen LogP contribution in [0.5, 0.6) is 0 Å². The van der Waals surface area contributed by atoms with Crippen LogP contribution < -0.4 is 5.73 Å². The first-order valence-corrected chi connectivity index (χ1v) is 3.00. The Morgan fingerprint density at radius 2 is 2.43 bits per heavy atom. The molecule has 7 heavy (non-hydrogen) atoms. The summed E-state index contributed by atoms with van der Waals surface area (Å²) in [6.45, 7) is 0. The van der Waals surface area contributed by atoms with Gasteiger partial charge in [-0.15, -0.1) is 0 Å². The van der Waals surface area contributed by atoms with Crippen molar-refractivity contribution in [3.8, 4) is 0 Å². The van der Waals surface area contributed by atoms with Crippen LogP contribution in [0, 0.1) is 0 Å². The van der Waals surface area contributed by atoms with Gasteiger partial charge >= 0.3 is 0 Å². The summed E-state index contributed by atoms with van der Waals surface area (Å²) in [6, 6.07) is 0.245. The van der Waals surface area contributed by atoms with E-state index in [9.17, 15) is 0 Å². The smallest absolute Gasteiger partial charge is 0.0358 e. The Balaban J connectivity index is 2.48. The normalized spacial score (nSPS) is 31.6.